The molecule has 2 amide bonds. The van der Waals surface area contributed by atoms with Crippen molar-refractivity contribution in [1.29, 1.82) is 0 Å². The van der Waals surface area contributed by atoms with Gasteiger partial charge >= 0.3 is 11.8 Å². The van der Waals surface area contributed by atoms with E-state index >= 15 is 0 Å². The number of methoxy groups -OCH3 is 1. The fourth-order valence-electron chi connectivity index (χ4n) is 2.81. The summed E-state index contributed by atoms with van der Waals surface area (Å²) in [7, 11) is 1.32. The third-order valence-corrected chi connectivity index (χ3v) is 3.27. The molecule has 8 heteroatoms. The first-order chi connectivity index (χ1) is 11.3. The molecule has 1 rings (SSSR count). The van der Waals surface area contributed by atoms with E-state index in [0.29, 0.717) is 6.42 Å². The third-order valence-electron chi connectivity index (χ3n) is 3.27. The molecule has 138 valence electrons. The minimum Gasteiger partial charge on any atom is -0.494 e. The molecule has 0 bridgehead atoms. The molecule has 0 spiro atoms. The first-order valence-electron chi connectivity index (χ1n) is 7.80. The maximum Gasteiger partial charge on any atom is 0.313 e. The molecule has 0 saturated heterocycles. The van der Waals surface area contributed by atoms with Crippen molar-refractivity contribution < 1.29 is 19.2 Å². The normalized spacial score (nSPS) is 11.6. The fraction of sp³-hybridized carbons (Fsp3) is 0.529. The first-order valence-corrected chi connectivity index (χ1v) is 7.80. The highest BCUT2D eigenvalue weighted by molar-refractivity contribution is 6.40. The molecule has 0 aromatic heterocycles. The number of carbonyl (C=O) groups is 2. The van der Waals surface area contributed by atoms with Gasteiger partial charge in [0, 0.05) is 11.6 Å². The number of hydrogen-bond donors (Lipinski definition) is 2. The van der Waals surface area contributed by atoms with Crippen LogP contribution in [0.4, 0.5) is 11.4 Å². The minimum absolute atomic E-state index is 0.0190. The van der Waals surface area contributed by atoms with Gasteiger partial charge < -0.3 is 15.4 Å². The van der Waals surface area contributed by atoms with Crippen molar-refractivity contribution in [2.45, 2.75) is 46.6 Å². The lowest BCUT2D eigenvalue weighted by molar-refractivity contribution is -0.384. The van der Waals surface area contributed by atoms with Crippen molar-refractivity contribution in [3.8, 4) is 5.75 Å². The van der Waals surface area contributed by atoms with Crippen LogP contribution in [0.2, 0.25) is 0 Å². The highest BCUT2D eigenvalue weighted by Gasteiger charge is 2.29. The van der Waals surface area contributed by atoms with E-state index in [4.69, 9.17) is 4.74 Å². The van der Waals surface area contributed by atoms with E-state index in [9.17, 15) is 19.7 Å². The number of ether oxygens (including phenoxy) is 1. The summed E-state index contributed by atoms with van der Waals surface area (Å²) in [5, 5.41) is 15.9. The van der Waals surface area contributed by atoms with Gasteiger partial charge in [-0.15, -0.1) is 0 Å². The van der Waals surface area contributed by atoms with Gasteiger partial charge in [0.05, 0.1) is 23.8 Å². The molecule has 0 aliphatic heterocycles. The van der Waals surface area contributed by atoms with Gasteiger partial charge in [-0.05, 0) is 31.7 Å². The quantitative estimate of drug-likeness (QED) is 0.481. The predicted octanol–water partition coefficient (Wildman–Crippen LogP) is 2.87. The zero-order chi connectivity index (χ0) is 19.4. The lowest BCUT2D eigenvalue weighted by Crippen LogP contribution is -2.49. The number of nitrogens with zero attached hydrogens (tertiary/aromatic N) is 1. The Hall–Kier alpha value is -2.64. The van der Waals surface area contributed by atoms with E-state index in [1.54, 1.807) is 0 Å². The van der Waals surface area contributed by atoms with Gasteiger partial charge in [0.1, 0.15) is 5.75 Å². The minimum atomic E-state index is -0.867. The van der Waals surface area contributed by atoms with Crippen molar-refractivity contribution in [3.63, 3.8) is 0 Å². The molecular formula is C17H25N3O5. The standard InChI is InChI=1S/C17H25N3O5/c1-16(2,3)10-17(4,5)19-15(22)14(21)18-12-8-7-11(20(23)24)9-13(12)25-6/h7-9H,10H2,1-6H3,(H,18,21)(H,19,22). The van der Waals surface area contributed by atoms with E-state index in [1.165, 1.54) is 25.3 Å². The molecule has 0 aliphatic rings. The van der Waals surface area contributed by atoms with Crippen LogP contribution in [-0.4, -0.2) is 29.4 Å². The van der Waals surface area contributed by atoms with Crippen LogP contribution in [0.15, 0.2) is 18.2 Å². The number of nitro benzene ring substituents is 1. The van der Waals surface area contributed by atoms with Crippen LogP contribution in [0.3, 0.4) is 0 Å². The van der Waals surface area contributed by atoms with Crippen molar-refractivity contribution in [1.82, 2.24) is 5.32 Å². The monoisotopic (exact) mass is 351 g/mol. The topological polar surface area (TPSA) is 111 Å². The fourth-order valence-corrected chi connectivity index (χ4v) is 2.81. The first kappa shape index (κ1) is 20.4. The van der Waals surface area contributed by atoms with E-state index < -0.39 is 22.3 Å². The smallest absolute Gasteiger partial charge is 0.313 e. The van der Waals surface area contributed by atoms with Gasteiger partial charge in [-0.2, -0.15) is 0 Å². The number of hydrogen-bond acceptors (Lipinski definition) is 5. The Bertz CT molecular complexity index is 677. The molecule has 0 atom stereocenters. The molecule has 2 N–H and O–H groups in total. The largest absolute Gasteiger partial charge is 0.494 e. The molecule has 1 aromatic rings. The summed E-state index contributed by atoms with van der Waals surface area (Å²) in [4.78, 5) is 34.5. The molecule has 0 unspecified atom stereocenters. The van der Waals surface area contributed by atoms with Crippen molar-refractivity contribution in [3.05, 3.63) is 28.3 Å². The van der Waals surface area contributed by atoms with Gasteiger partial charge in [0.15, 0.2) is 0 Å². The summed E-state index contributed by atoms with van der Waals surface area (Å²) >= 11 is 0. The van der Waals surface area contributed by atoms with Gasteiger partial charge in [0.25, 0.3) is 5.69 Å². The number of rotatable bonds is 5. The zero-order valence-corrected chi connectivity index (χ0v) is 15.4. The van der Waals surface area contributed by atoms with E-state index in [0.717, 1.165) is 0 Å². The SMILES string of the molecule is COc1cc([N+](=O)[O-])ccc1NC(=O)C(=O)NC(C)(C)CC(C)(C)C. The average Bonchev–Trinajstić information content (AvgIpc) is 2.43. The molecule has 0 fully saturated rings. The van der Waals surface area contributed by atoms with Crippen LogP contribution in [0.1, 0.15) is 41.0 Å². The molecule has 1 aromatic carbocycles. The maximum atomic E-state index is 12.2. The summed E-state index contributed by atoms with van der Waals surface area (Å²) in [6.07, 6.45) is 0.680. The molecule has 0 heterocycles. The Morgan fingerprint density at radius 2 is 1.76 bits per heavy atom. The molecule has 0 aliphatic carbocycles. The molecule has 0 radical (unpaired) electrons. The van der Waals surface area contributed by atoms with Gasteiger partial charge in [0.2, 0.25) is 0 Å². The number of non-ortho nitro benzene ring substituents is 1. The second-order valence-corrected chi connectivity index (χ2v) is 7.67. The van der Waals surface area contributed by atoms with Crippen LogP contribution in [0, 0.1) is 15.5 Å². The van der Waals surface area contributed by atoms with Crippen molar-refractivity contribution in [2.24, 2.45) is 5.41 Å². The Balaban J connectivity index is 2.85. The van der Waals surface area contributed by atoms with Crippen LogP contribution in [-0.2, 0) is 9.59 Å². The zero-order valence-electron chi connectivity index (χ0n) is 15.4. The molecular weight excluding hydrogens is 326 g/mol. The van der Waals surface area contributed by atoms with Gasteiger partial charge in [-0.1, -0.05) is 20.8 Å². The Morgan fingerprint density at radius 3 is 2.24 bits per heavy atom. The third kappa shape index (κ3) is 6.40. The second-order valence-electron chi connectivity index (χ2n) is 7.67. The highest BCUT2D eigenvalue weighted by Crippen LogP contribution is 2.29. The number of carbonyl (C=O) groups excluding carboxylic acids is 2. The summed E-state index contributed by atoms with van der Waals surface area (Å²) in [5.74, 6) is -1.55. The van der Waals surface area contributed by atoms with Gasteiger partial charge in [-0.3, -0.25) is 19.7 Å². The van der Waals surface area contributed by atoms with E-state index in [1.807, 2.05) is 34.6 Å². The number of amides is 2. The summed E-state index contributed by atoms with van der Waals surface area (Å²) < 4.78 is 5.03. The maximum absolute atomic E-state index is 12.2. The van der Waals surface area contributed by atoms with Crippen LogP contribution >= 0.6 is 0 Å². The molecule has 8 nitrogen and oxygen atoms in total. The van der Waals surface area contributed by atoms with E-state index in [2.05, 4.69) is 10.6 Å². The number of nitro groups is 1. The van der Waals surface area contributed by atoms with Crippen molar-refractivity contribution >= 4 is 23.2 Å². The molecule has 25 heavy (non-hydrogen) atoms. The lowest BCUT2D eigenvalue weighted by Gasteiger charge is -2.33. The Morgan fingerprint density at radius 1 is 1.16 bits per heavy atom. The van der Waals surface area contributed by atoms with E-state index in [-0.39, 0.29) is 22.5 Å². The number of anilines is 1. The highest BCUT2D eigenvalue weighted by atomic mass is 16.6. The number of benzene rings is 1. The second kappa shape index (κ2) is 7.50. The molecule has 0 saturated carbocycles. The Kier molecular flexibility index (Phi) is 6.12. The van der Waals surface area contributed by atoms with Crippen LogP contribution in [0.5, 0.6) is 5.75 Å². The summed E-state index contributed by atoms with van der Waals surface area (Å²) in [6.45, 7) is 9.82. The van der Waals surface area contributed by atoms with Crippen LogP contribution in [0.25, 0.3) is 0 Å². The van der Waals surface area contributed by atoms with Crippen LogP contribution < -0.4 is 15.4 Å². The Labute approximate surface area is 147 Å². The lowest BCUT2D eigenvalue weighted by atomic mass is 9.82. The van der Waals surface area contributed by atoms with Crippen molar-refractivity contribution in [2.75, 3.05) is 12.4 Å². The average molecular weight is 351 g/mol. The predicted molar refractivity (Wildman–Crippen MR) is 94.6 cm³/mol. The summed E-state index contributed by atoms with van der Waals surface area (Å²) in [6, 6.07) is 3.72. The van der Waals surface area contributed by atoms with Gasteiger partial charge in [-0.25, -0.2) is 0 Å². The number of nitrogens with one attached hydrogen (secondary N) is 2. The summed E-state index contributed by atoms with van der Waals surface area (Å²) in [5.41, 5.74) is -0.575.